The molecule has 2 heterocycles. The minimum absolute atomic E-state index is 0.412. The Hall–Kier alpha value is -0.120. The van der Waals surface area contributed by atoms with Gasteiger partial charge in [-0.25, -0.2) is 0 Å². The third-order valence-corrected chi connectivity index (χ3v) is 3.93. The van der Waals surface area contributed by atoms with Crippen LogP contribution in [0.25, 0.3) is 0 Å². The lowest BCUT2D eigenvalue weighted by Gasteiger charge is -2.40. The molecule has 1 N–H and O–H groups in total. The van der Waals surface area contributed by atoms with E-state index in [1.54, 1.807) is 0 Å². The third-order valence-electron chi connectivity index (χ3n) is 3.93. The van der Waals surface area contributed by atoms with Gasteiger partial charge in [-0.3, -0.25) is 0 Å². The zero-order chi connectivity index (χ0) is 12.3. The second-order valence-electron chi connectivity index (χ2n) is 6.65. The highest BCUT2D eigenvalue weighted by Gasteiger charge is 2.33. The van der Waals surface area contributed by atoms with Crippen LogP contribution in [0.2, 0.25) is 0 Å². The minimum Gasteiger partial charge on any atom is -0.380 e. The van der Waals surface area contributed by atoms with E-state index in [9.17, 15) is 0 Å². The molecule has 0 radical (unpaired) electrons. The number of nitrogens with one attached hydrogen (secondary N) is 1. The van der Waals surface area contributed by atoms with E-state index in [2.05, 4.69) is 31.0 Å². The SMILES string of the molecule is CC(C)CN1CCC(NCC2(C)COC2)CC1. The molecule has 0 aliphatic carbocycles. The maximum atomic E-state index is 5.29. The molecule has 100 valence electrons. The Morgan fingerprint density at radius 2 is 1.94 bits per heavy atom. The van der Waals surface area contributed by atoms with Crippen LogP contribution in [0.3, 0.4) is 0 Å². The molecular formula is C14H28N2O. The van der Waals surface area contributed by atoms with Gasteiger partial charge in [-0.2, -0.15) is 0 Å². The summed E-state index contributed by atoms with van der Waals surface area (Å²) in [5.74, 6) is 0.797. The highest BCUT2D eigenvalue weighted by molar-refractivity contribution is 4.86. The van der Waals surface area contributed by atoms with Crippen LogP contribution in [-0.2, 0) is 4.74 Å². The second kappa shape index (κ2) is 5.68. The Balaban J connectivity index is 1.62. The number of likely N-dealkylation sites (tertiary alicyclic amines) is 1. The van der Waals surface area contributed by atoms with Crippen molar-refractivity contribution in [3.8, 4) is 0 Å². The fourth-order valence-corrected chi connectivity index (χ4v) is 2.78. The molecule has 2 saturated heterocycles. The molecule has 0 aromatic heterocycles. The fourth-order valence-electron chi connectivity index (χ4n) is 2.78. The average Bonchev–Trinajstić information content (AvgIpc) is 2.25. The smallest absolute Gasteiger partial charge is 0.0554 e. The lowest BCUT2D eigenvalue weighted by atomic mass is 9.88. The molecule has 0 spiro atoms. The molecule has 0 unspecified atom stereocenters. The molecule has 17 heavy (non-hydrogen) atoms. The molecule has 0 atom stereocenters. The van der Waals surface area contributed by atoms with E-state index in [0.717, 1.165) is 31.7 Å². The van der Waals surface area contributed by atoms with Crippen molar-refractivity contribution in [1.29, 1.82) is 0 Å². The van der Waals surface area contributed by atoms with Crippen molar-refractivity contribution in [3.63, 3.8) is 0 Å². The van der Waals surface area contributed by atoms with Crippen LogP contribution in [0.15, 0.2) is 0 Å². The fraction of sp³-hybridized carbons (Fsp3) is 1.00. The van der Waals surface area contributed by atoms with Crippen molar-refractivity contribution in [3.05, 3.63) is 0 Å². The molecule has 2 rings (SSSR count). The highest BCUT2D eigenvalue weighted by atomic mass is 16.5. The predicted molar refractivity (Wildman–Crippen MR) is 71.2 cm³/mol. The standard InChI is InChI=1S/C14H28N2O/c1-12(2)8-16-6-4-13(5-7-16)15-9-14(3)10-17-11-14/h12-13,15H,4-11H2,1-3H3. The first-order chi connectivity index (χ1) is 8.07. The van der Waals surface area contributed by atoms with Crippen LogP contribution in [0.4, 0.5) is 0 Å². The molecule has 3 heteroatoms. The summed E-state index contributed by atoms with van der Waals surface area (Å²) in [4.78, 5) is 2.61. The van der Waals surface area contributed by atoms with Crippen molar-refractivity contribution in [2.75, 3.05) is 39.4 Å². The summed E-state index contributed by atoms with van der Waals surface area (Å²) >= 11 is 0. The summed E-state index contributed by atoms with van der Waals surface area (Å²) in [6.07, 6.45) is 2.62. The van der Waals surface area contributed by atoms with Gasteiger partial charge in [0.1, 0.15) is 0 Å². The molecule has 3 nitrogen and oxygen atoms in total. The summed E-state index contributed by atoms with van der Waals surface area (Å²) in [6.45, 7) is 13.7. The van der Waals surface area contributed by atoms with Gasteiger partial charge in [0.2, 0.25) is 0 Å². The minimum atomic E-state index is 0.412. The number of hydrogen-bond acceptors (Lipinski definition) is 3. The number of nitrogens with zero attached hydrogens (tertiary/aromatic N) is 1. The van der Waals surface area contributed by atoms with Gasteiger partial charge in [0.25, 0.3) is 0 Å². The van der Waals surface area contributed by atoms with Crippen LogP contribution in [0, 0.1) is 11.3 Å². The predicted octanol–water partition coefficient (Wildman–Crippen LogP) is 1.73. The molecular weight excluding hydrogens is 212 g/mol. The van der Waals surface area contributed by atoms with Crippen molar-refractivity contribution < 1.29 is 4.74 Å². The summed E-state index contributed by atoms with van der Waals surface area (Å²) in [5, 5.41) is 3.73. The molecule has 0 saturated carbocycles. The molecule has 2 fully saturated rings. The Morgan fingerprint density at radius 1 is 1.29 bits per heavy atom. The number of rotatable bonds is 5. The summed E-state index contributed by atoms with van der Waals surface area (Å²) in [6, 6.07) is 0.732. The maximum Gasteiger partial charge on any atom is 0.0554 e. The van der Waals surface area contributed by atoms with Gasteiger partial charge < -0.3 is 15.0 Å². The highest BCUT2D eigenvalue weighted by Crippen LogP contribution is 2.25. The molecule has 2 aliphatic heterocycles. The zero-order valence-electron chi connectivity index (χ0n) is 11.7. The monoisotopic (exact) mass is 240 g/mol. The largest absolute Gasteiger partial charge is 0.380 e. The van der Waals surface area contributed by atoms with Crippen molar-refractivity contribution in [2.45, 2.75) is 39.7 Å². The van der Waals surface area contributed by atoms with Crippen LogP contribution < -0.4 is 5.32 Å². The van der Waals surface area contributed by atoms with Gasteiger partial charge >= 0.3 is 0 Å². The van der Waals surface area contributed by atoms with Gasteiger partial charge in [0, 0.05) is 24.5 Å². The first kappa shape index (κ1) is 13.3. The Morgan fingerprint density at radius 3 is 2.41 bits per heavy atom. The van der Waals surface area contributed by atoms with E-state index in [0.29, 0.717) is 5.41 Å². The molecule has 0 bridgehead atoms. The van der Waals surface area contributed by atoms with Gasteiger partial charge in [0.05, 0.1) is 13.2 Å². The van der Waals surface area contributed by atoms with E-state index in [1.165, 1.54) is 32.5 Å². The zero-order valence-corrected chi connectivity index (χ0v) is 11.7. The molecule has 2 aliphatic rings. The quantitative estimate of drug-likeness (QED) is 0.792. The van der Waals surface area contributed by atoms with E-state index < -0.39 is 0 Å². The van der Waals surface area contributed by atoms with E-state index in [4.69, 9.17) is 4.74 Å². The summed E-state index contributed by atoms with van der Waals surface area (Å²) in [5.41, 5.74) is 0.412. The van der Waals surface area contributed by atoms with Gasteiger partial charge in [-0.15, -0.1) is 0 Å². The van der Waals surface area contributed by atoms with Gasteiger partial charge in [-0.1, -0.05) is 20.8 Å². The van der Waals surface area contributed by atoms with E-state index >= 15 is 0 Å². The Bertz CT molecular complexity index is 230. The molecule has 0 aromatic rings. The molecule has 0 amide bonds. The normalized spacial score (nSPS) is 26.1. The van der Waals surface area contributed by atoms with Crippen molar-refractivity contribution in [2.24, 2.45) is 11.3 Å². The number of piperidine rings is 1. The van der Waals surface area contributed by atoms with Crippen LogP contribution in [0.1, 0.15) is 33.6 Å². The van der Waals surface area contributed by atoms with E-state index in [-0.39, 0.29) is 0 Å². The maximum absolute atomic E-state index is 5.29. The third kappa shape index (κ3) is 3.94. The first-order valence-corrected chi connectivity index (χ1v) is 7.11. The van der Waals surface area contributed by atoms with E-state index in [1.807, 2.05) is 0 Å². The van der Waals surface area contributed by atoms with Crippen LogP contribution in [0.5, 0.6) is 0 Å². The summed E-state index contributed by atoms with van der Waals surface area (Å²) < 4.78 is 5.29. The Labute approximate surface area is 106 Å². The Kier molecular flexibility index (Phi) is 4.45. The van der Waals surface area contributed by atoms with Gasteiger partial charge in [0.15, 0.2) is 0 Å². The molecule has 0 aromatic carbocycles. The topological polar surface area (TPSA) is 24.5 Å². The lowest BCUT2D eigenvalue weighted by Crippen LogP contribution is -2.51. The van der Waals surface area contributed by atoms with Crippen LogP contribution in [-0.4, -0.2) is 50.3 Å². The van der Waals surface area contributed by atoms with Crippen LogP contribution >= 0.6 is 0 Å². The lowest BCUT2D eigenvalue weighted by molar-refractivity contribution is -0.100. The number of hydrogen-bond donors (Lipinski definition) is 1. The average molecular weight is 240 g/mol. The van der Waals surface area contributed by atoms with Crippen molar-refractivity contribution >= 4 is 0 Å². The number of ether oxygens (including phenoxy) is 1. The van der Waals surface area contributed by atoms with Gasteiger partial charge in [-0.05, 0) is 31.8 Å². The van der Waals surface area contributed by atoms with Crippen molar-refractivity contribution in [1.82, 2.24) is 10.2 Å². The first-order valence-electron chi connectivity index (χ1n) is 7.11. The second-order valence-corrected chi connectivity index (χ2v) is 6.65. The summed E-state index contributed by atoms with van der Waals surface area (Å²) in [7, 11) is 0.